The normalized spacial score (nSPS) is 14.2. The molecule has 16 heavy (non-hydrogen) atoms. The molecule has 6 heteroatoms. The highest BCUT2D eigenvalue weighted by Gasteiger charge is 2.16. The van der Waals surface area contributed by atoms with Crippen LogP contribution in [0, 0.1) is 5.82 Å². The molecule has 1 aromatic rings. The van der Waals surface area contributed by atoms with Gasteiger partial charge in [0.05, 0.1) is 5.69 Å². The van der Waals surface area contributed by atoms with E-state index >= 15 is 0 Å². The number of nitrogens with one attached hydrogen (secondary N) is 1. The standard InChI is InChI=1S/C10H13FN2O2S/c1-6(16(2)15)10(14)13-7-3-4-8(11)9(12)5-7/h3-6H,12H2,1-2H3,(H,13,14). The van der Waals surface area contributed by atoms with Gasteiger partial charge in [0.1, 0.15) is 11.1 Å². The molecule has 0 saturated heterocycles. The highest BCUT2D eigenvalue weighted by atomic mass is 32.2. The topological polar surface area (TPSA) is 72.2 Å². The summed E-state index contributed by atoms with van der Waals surface area (Å²) in [4.78, 5) is 11.5. The lowest BCUT2D eigenvalue weighted by Crippen LogP contribution is -2.28. The Labute approximate surface area is 95.5 Å². The Morgan fingerprint density at radius 2 is 2.19 bits per heavy atom. The monoisotopic (exact) mass is 244 g/mol. The summed E-state index contributed by atoms with van der Waals surface area (Å²) in [6.45, 7) is 1.55. The van der Waals surface area contributed by atoms with E-state index in [0.29, 0.717) is 5.69 Å². The molecule has 4 nitrogen and oxygen atoms in total. The predicted molar refractivity (Wildman–Crippen MR) is 63.0 cm³/mol. The predicted octanol–water partition coefficient (Wildman–Crippen LogP) is 1.11. The van der Waals surface area contributed by atoms with E-state index in [1.54, 1.807) is 6.92 Å². The van der Waals surface area contributed by atoms with Crippen molar-refractivity contribution in [2.75, 3.05) is 17.3 Å². The molecule has 0 heterocycles. The Balaban J connectivity index is 2.77. The van der Waals surface area contributed by atoms with E-state index in [0.717, 1.165) is 0 Å². The molecule has 0 saturated carbocycles. The van der Waals surface area contributed by atoms with Crippen molar-refractivity contribution in [3.8, 4) is 0 Å². The summed E-state index contributed by atoms with van der Waals surface area (Å²) in [5.41, 5.74) is 5.70. The second-order valence-electron chi connectivity index (χ2n) is 3.37. The second kappa shape index (κ2) is 5.07. The van der Waals surface area contributed by atoms with Gasteiger partial charge in [-0.25, -0.2) is 4.39 Å². The fourth-order valence-electron chi connectivity index (χ4n) is 1.02. The van der Waals surface area contributed by atoms with Gasteiger partial charge in [-0.15, -0.1) is 0 Å². The molecule has 88 valence electrons. The maximum absolute atomic E-state index is 12.8. The zero-order chi connectivity index (χ0) is 12.3. The van der Waals surface area contributed by atoms with Crippen molar-refractivity contribution in [3.05, 3.63) is 24.0 Å². The van der Waals surface area contributed by atoms with Gasteiger partial charge in [-0.2, -0.15) is 0 Å². The van der Waals surface area contributed by atoms with Crippen molar-refractivity contribution >= 4 is 28.1 Å². The average Bonchev–Trinajstić information content (AvgIpc) is 2.22. The van der Waals surface area contributed by atoms with Gasteiger partial charge >= 0.3 is 0 Å². The molecule has 3 N–H and O–H groups in total. The molecule has 0 aliphatic heterocycles. The maximum Gasteiger partial charge on any atom is 0.239 e. The van der Waals surface area contributed by atoms with E-state index in [-0.39, 0.29) is 11.6 Å². The summed E-state index contributed by atoms with van der Waals surface area (Å²) in [7, 11) is -1.24. The number of hydrogen-bond donors (Lipinski definition) is 2. The van der Waals surface area contributed by atoms with Gasteiger partial charge in [0.2, 0.25) is 5.91 Å². The fourth-order valence-corrected chi connectivity index (χ4v) is 1.38. The van der Waals surface area contributed by atoms with E-state index in [9.17, 15) is 13.4 Å². The van der Waals surface area contributed by atoms with Crippen LogP contribution in [0.1, 0.15) is 6.92 Å². The van der Waals surface area contributed by atoms with Gasteiger partial charge in [-0.3, -0.25) is 9.00 Å². The van der Waals surface area contributed by atoms with Crippen LogP contribution >= 0.6 is 0 Å². The number of rotatable bonds is 3. The number of benzene rings is 1. The fraction of sp³-hybridized carbons (Fsp3) is 0.300. The number of nitrogen functional groups attached to an aromatic ring is 1. The number of anilines is 2. The van der Waals surface area contributed by atoms with Crippen LogP contribution in [-0.2, 0) is 15.6 Å². The van der Waals surface area contributed by atoms with Gasteiger partial charge in [0.25, 0.3) is 0 Å². The van der Waals surface area contributed by atoms with E-state index in [1.165, 1.54) is 24.5 Å². The Hall–Kier alpha value is -1.43. The highest BCUT2D eigenvalue weighted by Crippen LogP contribution is 2.16. The number of nitrogens with two attached hydrogens (primary N) is 1. The molecule has 0 spiro atoms. The molecule has 1 amide bonds. The van der Waals surface area contributed by atoms with Gasteiger partial charge < -0.3 is 11.1 Å². The summed E-state index contributed by atoms with van der Waals surface area (Å²) in [5, 5.41) is 1.89. The minimum absolute atomic E-state index is 0.0388. The highest BCUT2D eigenvalue weighted by molar-refractivity contribution is 7.85. The third kappa shape index (κ3) is 3.03. The minimum atomic E-state index is -1.24. The molecule has 2 atom stereocenters. The van der Waals surface area contributed by atoms with Crippen LogP contribution in [0.25, 0.3) is 0 Å². The Morgan fingerprint density at radius 1 is 1.56 bits per heavy atom. The van der Waals surface area contributed by atoms with Gasteiger partial charge in [0, 0.05) is 22.7 Å². The van der Waals surface area contributed by atoms with E-state index in [1.807, 2.05) is 0 Å². The third-order valence-electron chi connectivity index (χ3n) is 2.13. The number of amides is 1. The Morgan fingerprint density at radius 3 is 2.69 bits per heavy atom. The smallest absolute Gasteiger partial charge is 0.239 e. The molecule has 2 unspecified atom stereocenters. The first-order valence-corrected chi connectivity index (χ1v) is 6.22. The minimum Gasteiger partial charge on any atom is -0.396 e. The van der Waals surface area contributed by atoms with Crippen LogP contribution < -0.4 is 11.1 Å². The first kappa shape index (κ1) is 12.6. The van der Waals surface area contributed by atoms with Gasteiger partial charge in [-0.1, -0.05) is 0 Å². The first-order chi connectivity index (χ1) is 7.41. The largest absolute Gasteiger partial charge is 0.396 e. The zero-order valence-electron chi connectivity index (χ0n) is 8.99. The lowest BCUT2D eigenvalue weighted by atomic mass is 10.2. The summed E-state index contributed by atoms with van der Waals surface area (Å²) >= 11 is 0. The van der Waals surface area contributed by atoms with Gasteiger partial charge in [-0.05, 0) is 25.1 Å². The van der Waals surface area contributed by atoms with Crippen LogP contribution in [0.5, 0.6) is 0 Å². The maximum atomic E-state index is 12.8. The average molecular weight is 244 g/mol. The summed E-state index contributed by atoms with van der Waals surface area (Å²) in [6, 6.07) is 3.88. The lowest BCUT2D eigenvalue weighted by molar-refractivity contribution is -0.115. The molecule has 0 aromatic heterocycles. The summed E-state index contributed by atoms with van der Waals surface area (Å²) in [5.74, 6) is -0.919. The second-order valence-corrected chi connectivity index (χ2v) is 5.07. The number of carbonyl (C=O) groups is 1. The molecule has 0 aliphatic carbocycles. The molecule has 0 bridgehead atoms. The van der Waals surface area contributed by atoms with Crippen molar-refractivity contribution in [2.24, 2.45) is 0 Å². The van der Waals surface area contributed by atoms with Crippen LogP contribution in [0.4, 0.5) is 15.8 Å². The number of hydrogen-bond acceptors (Lipinski definition) is 3. The molecule has 0 aliphatic rings. The van der Waals surface area contributed by atoms with Crippen LogP contribution in [0.15, 0.2) is 18.2 Å². The van der Waals surface area contributed by atoms with Crippen LogP contribution in [-0.4, -0.2) is 21.6 Å². The number of halogens is 1. The van der Waals surface area contributed by atoms with Crippen LogP contribution in [0.2, 0.25) is 0 Å². The summed E-state index contributed by atoms with van der Waals surface area (Å²) in [6.07, 6.45) is 1.45. The van der Waals surface area contributed by atoms with E-state index < -0.39 is 21.9 Å². The third-order valence-corrected chi connectivity index (χ3v) is 3.34. The summed E-state index contributed by atoms with van der Waals surface area (Å²) < 4.78 is 23.9. The molecule has 0 fully saturated rings. The van der Waals surface area contributed by atoms with Crippen molar-refractivity contribution in [1.82, 2.24) is 0 Å². The first-order valence-electron chi connectivity index (χ1n) is 4.60. The number of carbonyl (C=O) groups excluding carboxylic acids is 1. The SMILES string of the molecule is CC(C(=O)Nc1ccc(F)c(N)c1)S(C)=O. The quantitative estimate of drug-likeness (QED) is 0.782. The van der Waals surface area contributed by atoms with Crippen molar-refractivity contribution in [3.63, 3.8) is 0 Å². The van der Waals surface area contributed by atoms with E-state index in [2.05, 4.69) is 5.32 Å². The lowest BCUT2D eigenvalue weighted by Gasteiger charge is -2.10. The van der Waals surface area contributed by atoms with Crippen LogP contribution in [0.3, 0.4) is 0 Å². The molecule has 0 radical (unpaired) electrons. The van der Waals surface area contributed by atoms with Crippen molar-refractivity contribution in [1.29, 1.82) is 0 Å². The molecule has 1 rings (SSSR count). The van der Waals surface area contributed by atoms with E-state index in [4.69, 9.17) is 5.73 Å². The molecular formula is C10H13FN2O2S. The van der Waals surface area contributed by atoms with Crippen molar-refractivity contribution in [2.45, 2.75) is 12.2 Å². The molecular weight excluding hydrogens is 231 g/mol. The Kier molecular flexibility index (Phi) is 4.00. The zero-order valence-corrected chi connectivity index (χ0v) is 9.81. The van der Waals surface area contributed by atoms with Gasteiger partial charge in [0.15, 0.2) is 0 Å². The van der Waals surface area contributed by atoms with Crippen molar-refractivity contribution < 1.29 is 13.4 Å². The molecule has 1 aromatic carbocycles. The Bertz CT molecular complexity index is 437.